The Balaban J connectivity index is 2.36. The maximum absolute atomic E-state index is 13.3. The molecule has 1 aromatic carbocycles. The Hall–Kier alpha value is -1.69. The molecule has 2 atom stereocenters. The van der Waals surface area contributed by atoms with E-state index in [2.05, 4.69) is 0 Å². The van der Waals surface area contributed by atoms with E-state index < -0.39 is 10.7 Å². The van der Waals surface area contributed by atoms with E-state index in [4.69, 9.17) is 4.74 Å². The van der Waals surface area contributed by atoms with Crippen LogP contribution in [0.5, 0.6) is 0 Å². The van der Waals surface area contributed by atoms with Crippen LogP contribution in [0, 0.1) is 15.9 Å². The molecule has 1 fully saturated rings. The first kappa shape index (κ1) is 12.8. The Kier molecular flexibility index (Phi) is 3.47. The van der Waals surface area contributed by atoms with Gasteiger partial charge in [-0.05, 0) is 19.9 Å². The maximum atomic E-state index is 13.3. The third-order valence-electron chi connectivity index (χ3n) is 2.89. The van der Waals surface area contributed by atoms with E-state index in [-0.39, 0.29) is 17.9 Å². The third-order valence-corrected chi connectivity index (χ3v) is 2.89. The molecule has 98 valence electrons. The van der Waals surface area contributed by atoms with Gasteiger partial charge in [-0.3, -0.25) is 10.1 Å². The zero-order valence-electron chi connectivity index (χ0n) is 10.3. The van der Waals surface area contributed by atoms with E-state index in [1.54, 1.807) is 4.90 Å². The van der Waals surface area contributed by atoms with Crippen LogP contribution >= 0.6 is 0 Å². The van der Waals surface area contributed by atoms with Crippen molar-refractivity contribution in [2.45, 2.75) is 26.1 Å². The Morgan fingerprint density at radius 1 is 1.39 bits per heavy atom. The lowest BCUT2D eigenvalue weighted by molar-refractivity contribution is -0.384. The molecule has 0 aromatic heterocycles. The first-order chi connectivity index (χ1) is 8.47. The van der Waals surface area contributed by atoms with Gasteiger partial charge in [-0.2, -0.15) is 0 Å². The molecule has 0 N–H and O–H groups in total. The van der Waals surface area contributed by atoms with Gasteiger partial charge in [0.05, 0.1) is 17.1 Å². The summed E-state index contributed by atoms with van der Waals surface area (Å²) < 4.78 is 18.8. The Morgan fingerprint density at radius 2 is 2.00 bits per heavy atom. The minimum atomic E-state index is -0.487. The molecule has 0 spiro atoms. The van der Waals surface area contributed by atoms with Gasteiger partial charge in [-0.15, -0.1) is 0 Å². The molecule has 5 nitrogen and oxygen atoms in total. The third kappa shape index (κ3) is 2.59. The Bertz CT molecular complexity index is 457. The highest BCUT2D eigenvalue weighted by atomic mass is 19.1. The predicted octanol–water partition coefficient (Wildman–Crippen LogP) is 2.35. The van der Waals surface area contributed by atoms with Crippen LogP contribution in [0.3, 0.4) is 0 Å². The van der Waals surface area contributed by atoms with Gasteiger partial charge in [0.2, 0.25) is 0 Å². The van der Waals surface area contributed by atoms with Crippen molar-refractivity contribution in [2.24, 2.45) is 0 Å². The van der Waals surface area contributed by atoms with Crippen LogP contribution in [0.15, 0.2) is 18.2 Å². The highest BCUT2D eigenvalue weighted by Crippen LogP contribution is 2.31. The highest BCUT2D eigenvalue weighted by molar-refractivity contribution is 5.63. The number of nitro groups is 1. The predicted molar refractivity (Wildman–Crippen MR) is 65.3 cm³/mol. The van der Waals surface area contributed by atoms with Gasteiger partial charge in [0.25, 0.3) is 5.69 Å². The number of benzene rings is 1. The second-order valence-electron chi connectivity index (χ2n) is 4.55. The van der Waals surface area contributed by atoms with Crippen molar-refractivity contribution in [1.82, 2.24) is 0 Å². The number of hydrogen-bond acceptors (Lipinski definition) is 4. The molecule has 2 rings (SSSR count). The van der Waals surface area contributed by atoms with Crippen molar-refractivity contribution in [3.63, 3.8) is 0 Å². The molecule has 0 bridgehead atoms. The molecule has 1 heterocycles. The van der Waals surface area contributed by atoms with Crippen LogP contribution in [0.4, 0.5) is 15.8 Å². The first-order valence-electron chi connectivity index (χ1n) is 5.81. The van der Waals surface area contributed by atoms with Crippen molar-refractivity contribution < 1.29 is 14.1 Å². The van der Waals surface area contributed by atoms with Crippen molar-refractivity contribution >= 4 is 11.4 Å². The van der Waals surface area contributed by atoms with Gasteiger partial charge < -0.3 is 9.64 Å². The van der Waals surface area contributed by atoms with Gasteiger partial charge in [-0.25, -0.2) is 4.39 Å². The van der Waals surface area contributed by atoms with Gasteiger partial charge in [0.15, 0.2) is 0 Å². The Labute approximate surface area is 104 Å². The summed E-state index contributed by atoms with van der Waals surface area (Å²) in [6, 6.07) is 3.52. The van der Waals surface area contributed by atoms with Crippen LogP contribution in [0.1, 0.15) is 13.8 Å². The second-order valence-corrected chi connectivity index (χ2v) is 4.55. The number of nitro benzene ring substituents is 1. The summed E-state index contributed by atoms with van der Waals surface area (Å²) in [7, 11) is 0. The lowest BCUT2D eigenvalue weighted by Gasteiger charge is -2.36. The number of halogens is 1. The average Bonchev–Trinajstić information content (AvgIpc) is 2.27. The standard InChI is InChI=1S/C12H15FN2O3/c1-8-6-14(7-9(2)18-8)12-5-10(13)3-4-11(12)15(16)17/h3-5,8-9H,6-7H2,1-2H3. The van der Waals surface area contributed by atoms with Gasteiger partial charge in [0, 0.05) is 25.2 Å². The summed E-state index contributed by atoms with van der Waals surface area (Å²) in [6.07, 6.45) is -0.0618. The number of anilines is 1. The number of morpholine rings is 1. The SMILES string of the molecule is CC1CN(c2cc(F)ccc2[N+](=O)[O-])CC(C)O1. The molecule has 18 heavy (non-hydrogen) atoms. The summed E-state index contributed by atoms with van der Waals surface area (Å²) in [5.74, 6) is -0.470. The number of nitrogens with zero attached hydrogens (tertiary/aromatic N) is 2. The van der Waals surface area contributed by atoms with Crippen molar-refractivity contribution in [2.75, 3.05) is 18.0 Å². The number of ether oxygens (including phenoxy) is 1. The molecule has 6 heteroatoms. The van der Waals surface area contributed by atoms with Gasteiger partial charge in [0.1, 0.15) is 11.5 Å². The lowest BCUT2D eigenvalue weighted by Crippen LogP contribution is -2.45. The van der Waals surface area contributed by atoms with Crippen molar-refractivity contribution in [3.05, 3.63) is 34.1 Å². The van der Waals surface area contributed by atoms with Crippen molar-refractivity contribution in [3.8, 4) is 0 Å². The molecule has 2 unspecified atom stereocenters. The van der Waals surface area contributed by atoms with Crippen LogP contribution in [-0.2, 0) is 4.74 Å². The number of rotatable bonds is 2. The summed E-state index contributed by atoms with van der Waals surface area (Å²) in [5, 5.41) is 11.0. The monoisotopic (exact) mass is 254 g/mol. The first-order valence-corrected chi connectivity index (χ1v) is 5.81. The molecule has 0 amide bonds. The quantitative estimate of drug-likeness (QED) is 0.600. The molecule has 1 aliphatic heterocycles. The van der Waals surface area contributed by atoms with Gasteiger partial charge in [-0.1, -0.05) is 0 Å². The largest absolute Gasteiger partial charge is 0.372 e. The second kappa shape index (κ2) is 4.89. The normalized spacial score (nSPS) is 24.1. The minimum absolute atomic E-state index is 0.0309. The molecule has 1 aliphatic rings. The van der Waals surface area contributed by atoms with E-state index in [0.717, 1.165) is 6.07 Å². The van der Waals surface area contributed by atoms with Crippen LogP contribution in [0.2, 0.25) is 0 Å². The molecule has 1 aromatic rings. The van der Waals surface area contributed by atoms with Crippen molar-refractivity contribution in [1.29, 1.82) is 0 Å². The summed E-state index contributed by atoms with van der Waals surface area (Å²) in [6.45, 7) is 4.84. The molecule has 0 radical (unpaired) electrons. The fraction of sp³-hybridized carbons (Fsp3) is 0.500. The summed E-state index contributed by atoms with van der Waals surface area (Å²) in [4.78, 5) is 12.3. The summed E-state index contributed by atoms with van der Waals surface area (Å²) >= 11 is 0. The van der Waals surface area contributed by atoms with Crippen LogP contribution in [0.25, 0.3) is 0 Å². The van der Waals surface area contributed by atoms with E-state index in [1.165, 1.54) is 12.1 Å². The molecule has 0 aliphatic carbocycles. The molecular formula is C12H15FN2O3. The van der Waals surface area contributed by atoms with Crippen LogP contribution < -0.4 is 4.90 Å². The zero-order valence-corrected chi connectivity index (χ0v) is 10.3. The summed E-state index contributed by atoms with van der Waals surface area (Å²) in [5.41, 5.74) is 0.250. The minimum Gasteiger partial charge on any atom is -0.372 e. The zero-order chi connectivity index (χ0) is 13.3. The smallest absolute Gasteiger partial charge is 0.292 e. The molecule has 1 saturated heterocycles. The average molecular weight is 254 g/mol. The molecule has 0 saturated carbocycles. The molecular weight excluding hydrogens is 239 g/mol. The van der Waals surface area contributed by atoms with Crippen LogP contribution in [-0.4, -0.2) is 30.2 Å². The highest BCUT2D eigenvalue weighted by Gasteiger charge is 2.27. The lowest BCUT2D eigenvalue weighted by atomic mass is 10.1. The topological polar surface area (TPSA) is 55.6 Å². The number of hydrogen-bond donors (Lipinski definition) is 0. The van der Waals surface area contributed by atoms with E-state index >= 15 is 0 Å². The van der Waals surface area contributed by atoms with E-state index in [0.29, 0.717) is 18.8 Å². The van der Waals surface area contributed by atoms with E-state index in [1.807, 2.05) is 13.8 Å². The fourth-order valence-corrected chi connectivity index (χ4v) is 2.28. The fourth-order valence-electron chi connectivity index (χ4n) is 2.28. The van der Waals surface area contributed by atoms with E-state index in [9.17, 15) is 14.5 Å². The Morgan fingerprint density at radius 3 is 2.56 bits per heavy atom. The maximum Gasteiger partial charge on any atom is 0.292 e. The van der Waals surface area contributed by atoms with Gasteiger partial charge >= 0.3 is 0 Å².